The van der Waals surface area contributed by atoms with Crippen LogP contribution in [0.15, 0.2) is 22.7 Å². The van der Waals surface area contributed by atoms with E-state index in [0.717, 1.165) is 6.42 Å². The average Bonchev–Trinajstić information content (AvgIpc) is 2.28. The molecule has 1 atom stereocenters. The lowest BCUT2D eigenvalue weighted by molar-refractivity contribution is -0.385. The van der Waals surface area contributed by atoms with Gasteiger partial charge in [-0.3, -0.25) is 14.9 Å². The highest BCUT2D eigenvalue weighted by Crippen LogP contribution is 2.27. The van der Waals surface area contributed by atoms with Crippen molar-refractivity contribution in [1.29, 1.82) is 0 Å². The molecule has 3 N–H and O–H groups in total. The number of carbonyl (C=O) groups excluding carboxylic acids is 1. The molecule has 0 fully saturated rings. The first-order valence-corrected chi connectivity index (χ1v) is 6.22. The van der Waals surface area contributed by atoms with Gasteiger partial charge in [0, 0.05) is 24.2 Å². The Balaban J connectivity index is 2.72. The quantitative estimate of drug-likeness (QED) is 0.644. The minimum Gasteiger partial charge on any atom is -0.327 e. The molecular weight excluding hydrogens is 302 g/mol. The van der Waals surface area contributed by atoms with Crippen molar-refractivity contribution in [2.24, 2.45) is 5.73 Å². The predicted molar refractivity (Wildman–Crippen MR) is 72.3 cm³/mol. The zero-order chi connectivity index (χ0) is 13.7. The topological polar surface area (TPSA) is 98.3 Å². The molecular formula is C11H14BrN3O3. The van der Waals surface area contributed by atoms with E-state index in [9.17, 15) is 14.9 Å². The Kier molecular flexibility index (Phi) is 5.24. The number of anilines is 1. The number of nitrogens with two attached hydrogens (primary N) is 1. The summed E-state index contributed by atoms with van der Waals surface area (Å²) >= 11 is 3.08. The highest BCUT2D eigenvalue weighted by atomic mass is 79.9. The van der Waals surface area contributed by atoms with Crippen LogP contribution in [-0.2, 0) is 4.79 Å². The maximum atomic E-state index is 11.6. The van der Waals surface area contributed by atoms with Crippen LogP contribution in [-0.4, -0.2) is 16.9 Å². The highest BCUT2D eigenvalue weighted by molar-refractivity contribution is 9.10. The second kappa shape index (κ2) is 6.46. The summed E-state index contributed by atoms with van der Waals surface area (Å²) in [7, 11) is 0. The van der Waals surface area contributed by atoms with Crippen LogP contribution in [0, 0.1) is 10.1 Å². The number of nitrogens with one attached hydrogen (secondary N) is 1. The molecule has 0 aliphatic carbocycles. The molecule has 0 aliphatic rings. The number of nitrogens with zero attached hydrogens (tertiary/aromatic N) is 1. The van der Waals surface area contributed by atoms with Gasteiger partial charge >= 0.3 is 0 Å². The van der Waals surface area contributed by atoms with Gasteiger partial charge in [0.05, 0.1) is 9.40 Å². The summed E-state index contributed by atoms with van der Waals surface area (Å²) in [6, 6.07) is 4.14. The van der Waals surface area contributed by atoms with Crippen molar-refractivity contribution in [1.82, 2.24) is 0 Å². The smallest absolute Gasteiger partial charge is 0.283 e. The van der Waals surface area contributed by atoms with Gasteiger partial charge < -0.3 is 11.1 Å². The molecule has 0 aliphatic heterocycles. The number of nitro benzene ring substituents is 1. The van der Waals surface area contributed by atoms with Crippen LogP contribution in [0.2, 0.25) is 0 Å². The minimum atomic E-state index is -0.497. The summed E-state index contributed by atoms with van der Waals surface area (Å²) in [5, 5.41) is 13.3. The van der Waals surface area contributed by atoms with Crippen LogP contribution in [0.25, 0.3) is 0 Å². The van der Waals surface area contributed by atoms with Crippen LogP contribution >= 0.6 is 15.9 Å². The van der Waals surface area contributed by atoms with Crippen molar-refractivity contribution in [3.8, 4) is 0 Å². The van der Waals surface area contributed by atoms with Crippen molar-refractivity contribution in [2.45, 2.75) is 25.8 Å². The molecule has 7 heteroatoms. The molecule has 1 rings (SSSR count). The fraction of sp³-hybridized carbons (Fsp3) is 0.364. The zero-order valence-corrected chi connectivity index (χ0v) is 11.4. The van der Waals surface area contributed by atoms with Crippen molar-refractivity contribution < 1.29 is 9.72 Å². The van der Waals surface area contributed by atoms with Crippen LogP contribution < -0.4 is 11.1 Å². The van der Waals surface area contributed by atoms with Crippen molar-refractivity contribution in [3.05, 3.63) is 32.8 Å². The van der Waals surface area contributed by atoms with Crippen LogP contribution in [0.1, 0.15) is 19.8 Å². The Morgan fingerprint density at radius 2 is 2.28 bits per heavy atom. The first kappa shape index (κ1) is 14.6. The number of rotatable bonds is 5. The van der Waals surface area contributed by atoms with Crippen LogP contribution in [0.3, 0.4) is 0 Å². The molecule has 0 heterocycles. The second-order valence-electron chi connectivity index (χ2n) is 3.84. The molecule has 0 aromatic heterocycles. The average molecular weight is 316 g/mol. The Bertz CT molecular complexity index is 465. The first-order chi connectivity index (χ1) is 8.43. The fourth-order valence-corrected chi connectivity index (χ4v) is 1.85. The second-order valence-corrected chi connectivity index (χ2v) is 4.70. The molecule has 0 saturated carbocycles. The van der Waals surface area contributed by atoms with Crippen molar-refractivity contribution in [2.75, 3.05) is 5.32 Å². The highest BCUT2D eigenvalue weighted by Gasteiger charge is 2.13. The van der Waals surface area contributed by atoms with E-state index in [1.165, 1.54) is 18.2 Å². The van der Waals surface area contributed by atoms with Gasteiger partial charge in [0.1, 0.15) is 0 Å². The zero-order valence-electron chi connectivity index (χ0n) is 9.85. The molecule has 1 amide bonds. The number of carbonyl (C=O) groups is 1. The predicted octanol–water partition coefficient (Wildman–Crippen LogP) is 2.42. The number of nitro groups is 1. The monoisotopic (exact) mass is 315 g/mol. The molecule has 0 spiro atoms. The fourth-order valence-electron chi connectivity index (χ4n) is 1.33. The van der Waals surface area contributed by atoms with Crippen LogP contribution in [0.5, 0.6) is 0 Å². The summed E-state index contributed by atoms with van der Waals surface area (Å²) in [6.45, 7) is 1.90. The van der Waals surface area contributed by atoms with E-state index in [2.05, 4.69) is 21.2 Å². The molecule has 18 heavy (non-hydrogen) atoms. The van der Waals surface area contributed by atoms with Gasteiger partial charge in [-0.2, -0.15) is 0 Å². The molecule has 98 valence electrons. The Labute approximate surface area is 113 Å². The van der Waals surface area contributed by atoms with Gasteiger partial charge in [0.25, 0.3) is 5.69 Å². The number of hydrogen-bond donors (Lipinski definition) is 2. The summed E-state index contributed by atoms with van der Waals surface area (Å²) in [5.74, 6) is -0.204. The normalized spacial score (nSPS) is 11.9. The third-order valence-corrected chi connectivity index (χ3v) is 3.04. The maximum Gasteiger partial charge on any atom is 0.283 e. The van der Waals surface area contributed by atoms with E-state index in [1.54, 1.807) is 0 Å². The lowest BCUT2D eigenvalue weighted by Crippen LogP contribution is -2.26. The standard InChI is InChI=1S/C11H14BrN3O3/c1-2-7(13)5-11(16)14-8-3-4-10(15(17)18)9(12)6-8/h3-4,6-7H,2,5,13H2,1H3,(H,14,16). The Morgan fingerprint density at radius 3 is 2.78 bits per heavy atom. The van der Waals surface area contributed by atoms with Gasteiger partial charge in [-0.1, -0.05) is 6.92 Å². The number of benzene rings is 1. The SMILES string of the molecule is CCC(N)CC(=O)Nc1ccc([N+](=O)[O-])c(Br)c1. The first-order valence-electron chi connectivity index (χ1n) is 5.43. The molecule has 0 radical (unpaired) electrons. The summed E-state index contributed by atoms with van der Waals surface area (Å²) < 4.78 is 0.324. The van der Waals surface area contributed by atoms with Crippen molar-refractivity contribution >= 4 is 33.2 Å². The lowest BCUT2D eigenvalue weighted by Gasteiger charge is -2.09. The molecule has 1 aromatic carbocycles. The molecule has 0 bridgehead atoms. The maximum absolute atomic E-state index is 11.6. The summed E-state index contributed by atoms with van der Waals surface area (Å²) in [5.41, 5.74) is 6.12. The van der Waals surface area contributed by atoms with E-state index in [1.807, 2.05) is 6.92 Å². The van der Waals surface area contributed by atoms with Gasteiger partial charge in [0.2, 0.25) is 5.91 Å². The lowest BCUT2D eigenvalue weighted by atomic mass is 10.1. The van der Waals surface area contributed by atoms with Gasteiger partial charge in [-0.25, -0.2) is 0 Å². The third-order valence-electron chi connectivity index (χ3n) is 2.40. The van der Waals surface area contributed by atoms with Gasteiger partial charge in [0.15, 0.2) is 0 Å². The van der Waals surface area contributed by atoms with Crippen molar-refractivity contribution in [3.63, 3.8) is 0 Å². The van der Waals surface area contributed by atoms with Gasteiger partial charge in [-0.05, 0) is 34.5 Å². The number of amides is 1. The third kappa shape index (κ3) is 4.08. The molecule has 0 saturated heterocycles. The van der Waals surface area contributed by atoms with E-state index in [4.69, 9.17) is 5.73 Å². The van der Waals surface area contributed by atoms with Crippen LogP contribution in [0.4, 0.5) is 11.4 Å². The van der Waals surface area contributed by atoms with E-state index in [-0.39, 0.29) is 24.1 Å². The Hall–Kier alpha value is -1.47. The number of hydrogen-bond acceptors (Lipinski definition) is 4. The van der Waals surface area contributed by atoms with E-state index >= 15 is 0 Å². The van der Waals surface area contributed by atoms with E-state index < -0.39 is 4.92 Å². The Morgan fingerprint density at radius 1 is 1.61 bits per heavy atom. The minimum absolute atomic E-state index is 0.0433. The molecule has 1 aromatic rings. The number of halogens is 1. The summed E-state index contributed by atoms with van der Waals surface area (Å²) in [6.07, 6.45) is 0.947. The summed E-state index contributed by atoms with van der Waals surface area (Å²) in [4.78, 5) is 21.7. The van der Waals surface area contributed by atoms with E-state index in [0.29, 0.717) is 10.2 Å². The van der Waals surface area contributed by atoms with Gasteiger partial charge in [-0.15, -0.1) is 0 Å². The largest absolute Gasteiger partial charge is 0.327 e. The molecule has 6 nitrogen and oxygen atoms in total. The molecule has 1 unspecified atom stereocenters.